The topological polar surface area (TPSA) is 38.7 Å². The largest absolute Gasteiger partial charge is 0.493 e. The van der Waals surface area contributed by atoms with Crippen LogP contribution in [0.15, 0.2) is 36.4 Å². The van der Waals surface area contributed by atoms with E-state index in [1.807, 2.05) is 12.1 Å². The van der Waals surface area contributed by atoms with Crippen molar-refractivity contribution >= 4 is 23.2 Å². The smallest absolute Gasteiger partial charge is 0.160 e. The van der Waals surface area contributed by atoms with Crippen LogP contribution in [-0.2, 0) is 6.42 Å². The molecule has 5 heteroatoms. The maximum Gasteiger partial charge on any atom is 0.160 e. The molecule has 2 aromatic rings. The summed E-state index contributed by atoms with van der Waals surface area (Å²) in [6.07, 6.45) is -0.338. The first kappa shape index (κ1) is 16.0. The van der Waals surface area contributed by atoms with E-state index in [-0.39, 0.29) is 0 Å². The summed E-state index contributed by atoms with van der Waals surface area (Å²) in [4.78, 5) is 0. The van der Waals surface area contributed by atoms with Crippen LogP contribution >= 0.6 is 23.2 Å². The van der Waals surface area contributed by atoms with Crippen molar-refractivity contribution in [1.29, 1.82) is 0 Å². The molecule has 0 saturated carbocycles. The predicted molar refractivity (Wildman–Crippen MR) is 84.7 cm³/mol. The first-order chi connectivity index (χ1) is 10.0. The minimum atomic E-state index is -0.741. The molecule has 0 radical (unpaired) electrons. The molecular formula is C16H16Cl2O3. The molecule has 0 amide bonds. The third-order valence-electron chi connectivity index (χ3n) is 3.19. The summed E-state index contributed by atoms with van der Waals surface area (Å²) in [6.45, 7) is 0. The highest BCUT2D eigenvalue weighted by Gasteiger charge is 2.14. The molecule has 2 rings (SSSR count). The second-order valence-electron chi connectivity index (χ2n) is 4.58. The highest BCUT2D eigenvalue weighted by atomic mass is 35.5. The Morgan fingerprint density at radius 3 is 2.38 bits per heavy atom. The van der Waals surface area contributed by atoms with Gasteiger partial charge in [0.25, 0.3) is 0 Å². The standard InChI is InChI=1S/C16H16Cl2O3/c1-20-15-6-3-10(8-16(15)21-2)7-14(19)12-9-11(17)4-5-13(12)18/h3-6,8-9,14,19H,7H2,1-2H3. The van der Waals surface area contributed by atoms with Crippen molar-refractivity contribution in [2.45, 2.75) is 12.5 Å². The molecule has 0 saturated heterocycles. The number of rotatable bonds is 5. The fourth-order valence-electron chi connectivity index (χ4n) is 2.11. The summed E-state index contributed by atoms with van der Waals surface area (Å²) in [5.74, 6) is 1.27. The Balaban J connectivity index is 2.23. The van der Waals surface area contributed by atoms with E-state index in [1.54, 1.807) is 38.5 Å². The SMILES string of the molecule is COc1ccc(CC(O)c2cc(Cl)ccc2Cl)cc1OC. The summed E-state index contributed by atoms with van der Waals surface area (Å²) in [6, 6.07) is 10.6. The first-order valence-corrected chi connectivity index (χ1v) is 7.14. The molecule has 1 atom stereocenters. The monoisotopic (exact) mass is 326 g/mol. The lowest BCUT2D eigenvalue weighted by Crippen LogP contribution is -2.03. The maximum absolute atomic E-state index is 10.4. The maximum atomic E-state index is 10.4. The van der Waals surface area contributed by atoms with Crippen LogP contribution < -0.4 is 9.47 Å². The van der Waals surface area contributed by atoms with E-state index in [4.69, 9.17) is 32.7 Å². The second kappa shape index (κ2) is 7.03. The van der Waals surface area contributed by atoms with Crippen LogP contribution in [0.3, 0.4) is 0 Å². The van der Waals surface area contributed by atoms with Crippen LogP contribution in [0.5, 0.6) is 11.5 Å². The quantitative estimate of drug-likeness (QED) is 0.890. The number of aliphatic hydroxyl groups excluding tert-OH is 1. The van der Waals surface area contributed by atoms with Crippen molar-refractivity contribution in [1.82, 2.24) is 0 Å². The third kappa shape index (κ3) is 3.82. The number of aliphatic hydroxyl groups is 1. The molecule has 0 bridgehead atoms. The van der Waals surface area contributed by atoms with Crippen molar-refractivity contribution in [3.05, 3.63) is 57.6 Å². The zero-order chi connectivity index (χ0) is 15.4. The number of ether oxygens (including phenoxy) is 2. The number of hydrogen-bond acceptors (Lipinski definition) is 3. The van der Waals surface area contributed by atoms with Crippen molar-refractivity contribution in [2.24, 2.45) is 0 Å². The van der Waals surface area contributed by atoms with E-state index in [2.05, 4.69) is 0 Å². The molecule has 21 heavy (non-hydrogen) atoms. The van der Waals surface area contributed by atoms with E-state index in [0.29, 0.717) is 33.5 Å². The number of hydrogen-bond donors (Lipinski definition) is 1. The normalized spacial score (nSPS) is 12.0. The first-order valence-electron chi connectivity index (χ1n) is 6.39. The van der Waals surface area contributed by atoms with Crippen LogP contribution in [-0.4, -0.2) is 19.3 Å². The molecule has 1 N–H and O–H groups in total. The van der Waals surface area contributed by atoms with E-state index < -0.39 is 6.10 Å². The minimum absolute atomic E-state index is 0.403. The van der Waals surface area contributed by atoms with Gasteiger partial charge in [0.1, 0.15) is 0 Å². The molecule has 0 aliphatic carbocycles. The van der Waals surface area contributed by atoms with Crippen LogP contribution in [0.25, 0.3) is 0 Å². The van der Waals surface area contributed by atoms with Gasteiger partial charge in [-0.05, 0) is 35.9 Å². The van der Waals surface area contributed by atoms with Crippen molar-refractivity contribution in [2.75, 3.05) is 14.2 Å². The van der Waals surface area contributed by atoms with Gasteiger partial charge in [0.2, 0.25) is 0 Å². The van der Waals surface area contributed by atoms with Crippen molar-refractivity contribution < 1.29 is 14.6 Å². The van der Waals surface area contributed by atoms with Crippen LogP contribution in [0.1, 0.15) is 17.2 Å². The average Bonchev–Trinajstić information content (AvgIpc) is 2.49. The van der Waals surface area contributed by atoms with Gasteiger partial charge in [-0.1, -0.05) is 29.3 Å². The zero-order valence-corrected chi connectivity index (χ0v) is 13.3. The molecule has 1 unspecified atom stereocenters. The van der Waals surface area contributed by atoms with Crippen molar-refractivity contribution in [3.63, 3.8) is 0 Å². The van der Waals surface area contributed by atoms with Gasteiger partial charge in [-0.2, -0.15) is 0 Å². The van der Waals surface area contributed by atoms with Gasteiger partial charge in [-0.25, -0.2) is 0 Å². The van der Waals surface area contributed by atoms with E-state index in [0.717, 1.165) is 5.56 Å². The highest BCUT2D eigenvalue weighted by Crippen LogP contribution is 2.32. The summed E-state index contributed by atoms with van der Waals surface area (Å²) < 4.78 is 10.4. The Morgan fingerprint density at radius 2 is 1.71 bits per heavy atom. The predicted octanol–water partition coefficient (Wildman–Crippen LogP) is 4.29. The van der Waals surface area contributed by atoms with Gasteiger partial charge in [0.15, 0.2) is 11.5 Å². The Morgan fingerprint density at radius 1 is 1.00 bits per heavy atom. The molecule has 3 nitrogen and oxygen atoms in total. The molecule has 0 spiro atoms. The second-order valence-corrected chi connectivity index (χ2v) is 5.42. The van der Waals surface area contributed by atoms with Crippen LogP contribution in [0, 0.1) is 0 Å². The lowest BCUT2D eigenvalue weighted by atomic mass is 10.0. The van der Waals surface area contributed by atoms with Crippen LogP contribution in [0.2, 0.25) is 10.0 Å². The fourth-order valence-corrected chi connectivity index (χ4v) is 2.53. The molecular weight excluding hydrogens is 311 g/mol. The summed E-state index contributed by atoms with van der Waals surface area (Å²) >= 11 is 12.0. The summed E-state index contributed by atoms with van der Waals surface area (Å²) in [5, 5.41) is 11.4. The van der Waals surface area contributed by atoms with Crippen molar-refractivity contribution in [3.8, 4) is 11.5 Å². The van der Waals surface area contributed by atoms with Gasteiger partial charge in [-0.3, -0.25) is 0 Å². The number of halogens is 2. The van der Waals surface area contributed by atoms with Gasteiger partial charge in [0.05, 0.1) is 20.3 Å². The van der Waals surface area contributed by atoms with E-state index >= 15 is 0 Å². The summed E-state index contributed by atoms with van der Waals surface area (Å²) in [5.41, 5.74) is 1.52. The fraction of sp³-hybridized carbons (Fsp3) is 0.250. The van der Waals surface area contributed by atoms with Gasteiger partial charge >= 0.3 is 0 Å². The lowest BCUT2D eigenvalue weighted by molar-refractivity contribution is 0.178. The Bertz CT molecular complexity index is 629. The van der Waals surface area contributed by atoms with Gasteiger partial charge in [0, 0.05) is 22.0 Å². The molecule has 2 aromatic carbocycles. The Labute approximate surface area is 134 Å². The molecule has 0 fully saturated rings. The van der Waals surface area contributed by atoms with Gasteiger partial charge < -0.3 is 14.6 Å². The number of benzene rings is 2. The van der Waals surface area contributed by atoms with E-state index in [1.165, 1.54) is 0 Å². The highest BCUT2D eigenvalue weighted by molar-refractivity contribution is 6.33. The van der Waals surface area contributed by atoms with Crippen LogP contribution in [0.4, 0.5) is 0 Å². The summed E-state index contributed by atoms with van der Waals surface area (Å²) in [7, 11) is 3.16. The lowest BCUT2D eigenvalue weighted by Gasteiger charge is -2.15. The zero-order valence-electron chi connectivity index (χ0n) is 11.8. The molecule has 0 aromatic heterocycles. The number of methoxy groups -OCH3 is 2. The molecule has 0 heterocycles. The van der Waals surface area contributed by atoms with Gasteiger partial charge in [-0.15, -0.1) is 0 Å². The third-order valence-corrected chi connectivity index (χ3v) is 3.77. The molecule has 0 aliphatic heterocycles. The average molecular weight is 327 g/mol. The minimum Gasteiger partial charge on any atom is -0.493 e. The molecule has 112 valence electrons. The Hall–Kier alpha value is -1.42. The Kier molecular flexibility index (Phi) is 5.34. The van der Waals surface area contributed by atoms with E-state index in [9.17, 15) is 5.11 Å². The molecule has 0 aliphatic rings.